The minimum absolute atomic E-state index is 0.0348. The Labute approximate surface area is 151 Å². The highest BCUT2D eigenvalue weighted by Crippen LogP contribution is 2.20. The fourth-order valence-corrected chi connectivity index (χ4v) is 3.38. The number of hydrogen-bond donors (Lipinski definition) is 1. The van der Waals surface area contributed by atoms with E-state index in [0.717, 1.165) is 24.2 Å². The van der Waals surface area contributed by atoms with E-state index in [1.807, 2.05) is 34.6 Å². The van der Waals surface area contributed by atoms with E-state index in [1.54, 1.807) is 12.4 Å². The van der Waals surface area contributed by atoms with Crippen molar-refractivity contribution in [3.63, 3.8) is 0 Å². The summed E-state index contributed by atoms with van der Waals surface area (Å²) in [6.45, 7) is 5.01. The zero-order chi connectivity index (χ0) is 17.5. The lowest BCUT2D eigenvalue weighted by Gasteiger charge is -2.28. The number of fused-ring (bicyclic) bond motifs is 1. The summed E-state index contributed by atoms with van der Waals surface area (Å²) >= 11 is 1.48. The molecule has 3 rings (SSSR count). The van der Waals surface area contributed by atoms with Crippen LogP contribution in [0.5, 0.6) is 0 Å². The maximum absolute atomic E-state index is 12.3. The van der Waals surface area contributed by atoms with Gasteiger partial charge in [0.05, 0.1) is 11.6 Å². The molecule has 2 aromatic rings. The van der Waals surface area contributed by atoms with Crippen LogP contribution in [-0.4, -0.2) is 35.1 Å². The van der Waals surface area contributed by atoms with Crippen LogP contribution in [0.2, 0.25) is 0 Å². The molecule has 0 aliphatic carbocycles. The van der Waals surface area contributed by atoms with Gasteiger partial charge in [0, 0.05) is 31.0 Å². The molecular formula is C19H20N4OS. The van der Waals surface area contributed by atoms with Gasteiger partial charge in [-0.25, -0.2) is 4.79 Å². The van der Waals surface area contributed by atoms with Crippen LogP contribution in [-0.2, 0) is 13.0 Å². The molecule has 0 spiro atoms. The topological polar surface area (TPSA) is 57.6 Å². The number of nitrogens with one attached hydrogen (secondary N) is 1. The van der Waals surface area contributed by atoms with Crippen LogP contribution in [0.1, 0.15) is 16.7 Å². The Kier molecular flexibility index (Phi) is 5.85. The molecule has 1 aromatic carbocycles. The van der Waals surface area contributed by atoms with Gasteiger partial charge in [-0.1, -0.05) is 24.3 Å². The lowest BCUT2D eigenvalue weighted by Crippen LogP contribution is -2.42. The minimum Gasteiger partial charge on any atom is -0.329 e. The van der Waals surface area contributed by atoms with Crippen molar-refractivity contribution in [1.29, 1.82) is 0 Å². The Morgan fingerprint density at radius 3 is 2.80 bits per heavy atom. The highest BCUT2D eigenvalue weighted by Gasteiger charge is 2.19. The number of amides is 2. The fourth-order valence-electron chi connectivity index (χ4n) is 2.72. The van der Waals surface area contributed by atoms with E-state index in [2.05, 4.69) is 34.1 Å². The second kappa shape index (κ2) is 8.48. The first-order valence-corrected chi connectivity index (χ1v) is 9.11. The third-order valence-electron chi connectivity index (χ3n) is 4.07. The lowest BCUT2D eigenvalue weighted by molar-refractivity contribution is 0.194. The second-order valence-corrected chi connectivity index (χ2v) is 6.49. The van der Waals surface area contributed by atoms with Crippen LogP contribution >= 0.6 is 11.8 Å². The Bertz CT molecular complexity index is 776. The Morgan fingerprint density at radius 1 is 1.28 bits per heavy atom. The molecule has 2 amide bonds. The van der Waals surface area contributed by atoms with Gasteiger partial charge < -0.3 is 10.2 Å². The molecule has 0 saturated heterocycles. The Hall–Kier alpha value is -2.60. The smallest absolute Gasteiger partial charge is 0.318 e. The zero-order valence-electron chi connectivity index (χ0n) is 13.9. The van der Waals surface area contributed by atoms with Crippen LogP contribution in [0.25, 0.3) is 5.70 Å². The molecule has 1 N–H and O–H groups in total. The van der Waals surface area contributed by atoms with Crippen molar-refractivity contribution in [2.45, 2.75) is 13.0 Å². The van der Waals surface area contributed by atoms with E-state index < -0.39 is 0 Å². The average Bonchev–Trinajstić information content (AvgIpc) is 2.68. The number of thioether (sulfide) groups is 1. The molecule has 1 aliphatic rings. The van der Waals surface area contributed by atoms with E-state index in [0.29, 0.717) is 12.4 Å². The highest BCUT2D eigenvalue weighted by atomic mass is 32.2. The maximum atomic E-state index is 12.3. The molecule has 0 bridgehead atoms. The summed E-state index contributed by atoms with van der Waals surface area (Å²) in [5, 5.41) is 4.84. The second-order valence-electron chi connectivity index (χ2n) is 5.63. The van der Waals surface area contributed by atoms with E-state index >= 15 is 0 Å². The minimum atomic E-state index is -0.0348. The molecule has 25 heavy (non-hydrogen) atoms. The monoisotopic (exact) mass is 352 g/mol. The summed E-state index contributed by atoms with van der Waals surface area (Å²) in [6, 6.07) is 12.0. The number of aromatic nitrogens is 1. The summed E-state index contributed by atoms with van der Waals surface area (Å²) in [7, 11) is 0. The first-order valence-electron chi connectivity index (χ1n) is 8.06. The van der Waals surface area contributed by atoms with E-state index in [1.165, 1.54) is 22.9 Å². The quantitative estimate of drug-likeness (QED) is 0.509. The number of aliphatic imine (C=N–C) groups is 1. The number of urea groups is 1. The predicted molar refractivity (Wildman–Crippen MR) is 103 cm³/mol. The summed E-state index contributed by atoms with van der Waals surface area (Å²) in [6.07, 6.45) is 4.34. The summed E-state index contributed by atoms with van der Waals surface area (Å²) in [5.41, 5.74) is 4.29. The van der Waals surface area contributed by atoms with Gasteiger partial charge in [0.15, 0.2) is 0 Å². The van der Waals surface area contributed by atoms with Crippen LogP contribution in [0.3, 0.4) is 0 Å². The van der Waals surface area contributed by atoms with Crippen molar-refractivity contribution in [2.75, 3.05) is 12.4 Å². The van der Waals surface area contributed by atoms with Crippen LogP contribution in [0, 0.1) is 0 Å². The first-order chi connectivity index (χ1) is 12.3. The number of nitrogens with zero attached hydrogens (tertiary/aromatic N) is 3. The third kappa shape index (κ3) is 4.48. The van der Waals surface area contributed by atoms with Gasteiger partial charge in [0.1, 0.15) is 0 Å². The Balaban J connectivity index is 1.50. The van der Waals surface area contributed by atoms with Crippen molar-refractivity contribution in [3.05, 3.63) is 70.9 Å². The maximum Gasteiger partial charge on any atom is 0.318 e. The van der Waals surface area contributed by atoms with Gasteiger partial charge in [-0.05, 0) is 41.8 Å². The molecular weight excluding hydrogens is 332 g/mol. The van der Waals surface area contributed by atoms with Gasteiger partial charge in [-0.2, -0.15) is 0 Å². The molecule has 0 atom stereocenters. The summed E-state index contributed by atoms with van der Waals surface area (Å²) in [4.78, 5) is 22.2. The van der Waals surface area contributed by atoms with E-state index in [4.69, 9.17) is 0 Å². The number of hydrogen-bond acceptors (Lipinski definition) is 4. The van der Waals surface area contributed by atoms with Crippen molar-refractivity contribution in [1.82, 2.24) is 15.2 Å². The molecule has 6 heteroatoms. The van der Waals surface area contributed by atoms with Crippen molar-refractivity contribution in [3.8, 4) is 0 Å². The highest BCUT2D eigenvalue weighted by molar-refractivity contribution is 8.02. The molecule has 1 aliphatic heterocycles. The number of carbonyl (C=O) groups excluding carboxylic acids is 1. The van der Waals surface area contributed by atoms with Crippen molar-refractivity contribution < 1.29 is 4.79 Å². The first kappa shape index (κ1) is 17.2. The number of pyridine rings is 1. The molecule has 0 radical (unpaired) electrons. The number of rotatable bonds is 5. The predicted octanol–water partition coefficient (Wildman–Crippen LogP) is 3.54. The third-order valence-corrected chi connectivity index (χ3v) is 4.77. The van der Waals surface area contributed by atoms with E-state index in [9.17, 15) is 4.79 Å². The van der Waals surface area contributed by atoms with Crippen LogP contribution in [0.4, 0.5) is 4.79 Å². The Morgan fingerprint density at radius 2 is 2.04 bits per heavy atom. The largest absolute Gasteiger partial charge is 0.329 e. The normalized spacial score (nSPS) is 13.9. The summed E-state index contributed by atoms with van der Waals surface area (Å²) in [5.74, 6) is 0.487. The van der Waals surface area contributed by atoms with Gasteiger partial charge in [0.2, 0.25) is 0 Å². The molecule has 2 heterocycles. The molecule has 0 saturated carbocycles. The number of benzene rings is 1. The zero-order valence-corrected chi connectivity index (χ0v) is 14.7. The van der Waals surface area contributed by atoms with Crippen LogP contribution in [0.15, 0.2) is 59.2 Å². The van der Waals surface area contributed by atoms with Crippen LogP contribution < -0.4 is 5.32 Å². The van der Waals surface area contributed by atoms with Gasteiger partial charge in [-0.15, -0.1) is 11.8 Å². The number of carbonyl (C=O) groups is 1. The fraction of sp³-hybridized carbons (Fsp3) is 0.211. The van der Waals surface area contributed by atoms with Gasteiger partial charge in [-0.3, -0.25) is 9.98 Å². The lowest BCUT2D eigenvalue weighted by atomic mass is 10.0. The molecule has 128 valence electrons. The van der Waals surface area contributed by atoms with Crippen molar-refractivity contribution >= 4 is 30.2 Å². The average molecular weight is 352 g/mol. The van der Waals surface area contributed by atoms with Crippen molar-refractivity contribution in [2.24, 2.45) is 4.99 Å². The molecule has 0 unspecified atom stereocenters. The molecule has 1 aromatic heterocycles. The molecule has 5 nitrogen and oxygen atoms in total. The summed E-state index contributed by atoms with van der Waals surface area (Å²) < 4.78 is 0. The molecule has 0 fully saturated rings. The SMILES string of the molecule is C=N/C(=C\SCNC(=O)N1CCc2ccccc2C1)c1ccncc1. The standard InChI is InChI=1S/C19H20N4OS/c1-20-18(16-6-9-21-10-7-16)13-25-14-22-19(24)23-11-8-15-4-2-3-5-17(15)12-23/h2-7,9-10,13H,1,8,11-12,14H2,(H,22,24)/b18-13-. The van der Waals surface area contributed by atoms with Gasteiger partial charge in [0.25, 0.3) is 0 Å². The van der Waals surface area contributed by atoms with Gasteiger partial charge >= 0.3 is 6.03 Å². The van der Waals surface area contributed by atoms with E-state index in [-0.39, 0.29) is 6.03 Å².